The van der Waals surface area contributed by atoms with E-state index in [1.54, 1.807) is 22.7 Å². The van der Waals surface area contributed by atoms with E-state index >= 15 is 0 Å². The van der Waals surface area contributed by atoms with E-state index in [2.05, 4.69) is 6.92 Å². The van der Waals surface area contributed by atoms with E-state index in [1.165, 1.54) is 7.11 Å². The largest absolute Gasteiger partial charge is 0.465 e. The Labute approximate surface area is 117 Å². The molecule has 4 nitrogen and oxygen atoms in total. The highest BCUT2D eigenvalue weighted by Crippen LogP contribution is 2.29. The number of anilines is 1. The maximum Gasteiger partial charge on any atom is 0.337 e. The molecule has 0 aromatic heterocycles. The van der Waals surface area contributed by atoms with Crippen molar-refractivity contribution in [3.05, 3.63) is 23.8 Å². The first-order valence-electron chi connectivity index (χ1n) is 6.32. The van der Waals surface area contributed by atoms with Crippen molar-refractivity contribution >= 4 is 29.3 Å². The molecule has 1 saturated heterocycles. The van der Waals surface area contributed by atoms with Gasteiger partial charge in [-0.3, -0.25) is 4.79 Å². The summed E-state index contributed by atoms with van der Waals surface area (Å²) < 4.78 is 4.76. The van der Waals surface area contributed by atoms with Crippen molar-refractivity contribution in [3.63, 3.8) is 0 Å². The molecule has 0 atom stereocenters. The number of carbonyl (C=O) groups excluding carboxylic acids is 2. The van der Waals surface area contributed by atoms with Crippen molar-refractivity contribution in [3.8, 4) is 0 Å². The van der Waals surface area contributed by atoms with Crippen molar-refractivity contribution < 1.29 is 14.3 Å². The lowest BCUT2D eigenvalue weighted by Gasteiger charge is -2.17. The van der Waals surface area contributed by atoms with Crippen LogP contribution in [0, 0.1) is 0 Å². The van der Waals surface area contributed by atoms with E-state index in [0.29, 0.717) is 12.0 Å². The molecule has 1 heterocycles. The molecule has 0 aliphatic carbocycles. The van der Waals surface area contributed by atoms with Gasteiger partial charge in [0.15, 0.2) is 0 Å². The van der Waals surface area contributed by atoms with Crippen LogP contribution in [0.5, 0.6) is 0 Å². The molecule has 1 aromatic rings. The standard InChI is InChI=1S/C14H17NO3S/c1-3-19-12-8-10(14(17)18-2)7-11(9-12)15-6-4-5-13(15)16/h7-9H,3-6H2,1-2H3. The Morgan fingerprint density at radius 3 is 2.79 bits per heavy atom. The summed E-state index contributed by atoms with van der Waals surface area (Å²) in [5.74, 6) is 0.666. The maximum atomic E-state index is 11.8. The second kappa shape index (κ2) is 6.10. The molecule has 0 bridgehead atoms. The van der Waals surface area contributed by atoms with Crippen molar-refractivity contribution in [2.24, 2.45) is 0 Å². The predicted octanol–water partition coefficient (Wildman–Crippen LogP) is 2.71. The van der Waals surface area contributed by atoms with Gasteiger partial charge in [0.05, 0.1) is 12.7 Å². The normalized spacial score (nSPS) is 14.8. The average Bonchev–Trinajstić information content (AvgIpc) is 2.84. The lowest BCUT2D eigenvalue weighted by molar-refractivity contribution is -0.117. The Kier molecular flexibility index (Phi) is 4.47. The number of carbonyl (C=O) groups is 2. The molecule has 0 spiro atoms. The predicted molar refractivity (Wildman–Crippen MR) is 75.8 cm³/mol. The summed E-state index contributed by atoms with van der Waals surface area (Å²) in [7, 11) is 1.36. The zero-order chi connectivity index (χ0) is 13.8. The van der Waals surface area contributed by atoms with Gasteiger partial charge in [-0.1, -0.05) is 6.92 Å². The van der Waals surface area contributed by atoms with E-state index in [0.717, 1.165) is 29.3 Å². The third kappa shape index (κ3) is 3.10. The van der Waals surface area contributed by atoms with Gasteiger partial charge in [-0.2, -0.15) is 0 Å². The van der Waals surface area contributed by atoms with Crippen LogP contribution in [-0.4, -0.2) is 31.3 Å². The number of thioether (sulfide) groups is 1. The highest BCUT2D eigenvalue weighted by Gasteiger charge is 2.23. The Hall–Kier alpha value is -1.49. The zero-order valence-corrected chi connectivity index (χ0v) is 12.0. The van der Waals surface area contributed by atoms with Crippen LogP contribution in [0.3, 0.4) is 0 Å². The van der Waals surface area contributed by atoms with E-state index in [-0.39, 0.29) is 11.9 Å². The average molecular weight is 279 g/mol. The minimum absolute atomic E-state index is 0.120. The molecule has 0 radical (unpaired) electrons. The van der Waals surface area contributed by atoms with Crippen molar-refractivity contribution in [2.45, 2.75) is 24.7 Å². The Balaban J connectivity index is 2.38. The fraction of sp³-hybridized carbons (Fsp3) is 0.429. The third-order valence-electron chi connectivity index (χ3n) is 3.01. The summed E-state index contributed by atoms with van der Waals surface area (Å²) in [6.45, 7) is 2.77. The molecule has 19 heavy (non-hydrogen) atoms. The first-order chi connectivity index (χ1) is 9.15. The summed E-state index contributed by atoms with van der Waals surface area (Å²) in [5.41, 5.74) is 1.29. The van der Waals surface area contributed by atoms with Crippen molar-refractivity contribution in [2.75, 3.05) is 24.3 Å². The van der Waals surface area contributed by atoms with Crippen LogP contribution in [0.4, 0.5) is 5.69 Å². The lowest BCUT2D eigenvalue weighted by atomic mass is 10.2. The number of ether oxygens (including phenoxy) is 1. The van der Waals surface area contributed by atoms with Crippen LogP contribution in [0.1, 0.15) is 30.1 Å². The molecular weight excluding hydrogens is 262 g/mol. The van der Waals surface area contributed by atoms with E-state index in [4.69, 9.17) is 4.74 Å². The topological polar surface area (TPSA) is 46.6 Å². The van der Waals surface area contributed by atoms with Crippen LogP contribution >= 0.6 is 11.8 Å². The molecule has 102 valence electrons. The van der Waals surface area contributed by atoms with Gasteiger partial charge in [0.25, 0.3) is 0 Å². The lowest BCUT2D eigenvalue weighted by Crippen LogP contribution is -2.24. The van der Waals surface area contributed by atoms with Gasteiger partial charge < -0.3 is 9.64 Å². The fourth-order valence-corrected chi connectivity index (χ4v) is 2.89. The molecule has 1 aliphatic heterocycles. The van der Waals surface area contributed by atoms with Crippen molar-refractivity contribution in [1.29, 1.82) is 0 Å². The van der Waals surface area contributed by atoms with Crippen LogP contribution < -0.4 is 4.90 Å². The second-order valence-corrected chi connectivity index (χ2v) is 5.63. The summed E-state index contributed by atoms with van der Waals surface area (Å²) in [5, 5.41) is 0. The Bertz CT molecular complexity index is 501. The Morgan fingerprint density at radius 1 is 1.42 bits per heavy atom. The highest BCUT2D eigenvalue weighted by molar-refractivity contribution is 7.99. The number of methoxy groups -OCH3 is 1. The molecule has 0 unspecified atom stereocenters. The molecule has 0 saturated carbocycles. The van der Waals surface area contributed by atoms with E-state index < -0.39 is 0 Å². The molecule has 0 N–H and O–H groups in total. The van der Waals surface area contributed by atoms with Gasteiger partial charge in [0.1, 0.15) is 0 Å². The highest BCUT2D eigenvalue weighted by atomic mass is 32.2. The SMILES string of the molecule is CCSc1cc(C(=O)OC)cc(N2CCCC2=O)c1. The Morgan fingerprint density at radius 2 is 2.21 bits per heavy atom. The van der Waals surface area contributed by atoms with Crippen LogP contribution in [0.2, 0.25) is 0 Å². The summed E-state index contributed by atoms with van der Waals surface area (Å²) >= 11 is 1.65. The molecule has 2 rings (SSSR count). The van der Waals surface area contributed by atoms with Gasteiger partial charge in [-0.05, 0) is 30.4 Å². The number of esters is 1. The maximum absolute atomic E-state index is 11.8. The molecule has 1 amide bonds. The quantitative estimate of drug-likeness (QED) is 0.628. The zero-order valence-electron chi connectivity index (χ0n) is 11.1. The summed E-state index contributed by atoms with van der Waals surface area (Å²) in [4.78, 5) is 26.2. The number of hydrogen-bond donors (Lipinski definition) is 0. The van der Waals surface area contributed by atoms with Gasteiger partial charge >= 0.3 is 5.97 Å². The van der Waals surface area contributed by atoms with Gasteiger partial charge in [0.2, 0.25) is 5.91 Å². The van der Waals surface area contributed by atoms with Gasteiger partial charge in [-0.15, -0.1) is 11.8 Å². The second-order valence-electron chi connectivity index (χ2n) is 4.29. The molecule has 1 aromatic carbocycles. The third-order valence-corrected chi connectivity index (χ3v) is 3.87. The number of benzene rings is 1. The molecule has 1 fully saturated rings. The summed E-state index contributed by atoms with van der Waals surface area (Å²) in [6, 6.07) is 5.50. The van der Waals surface area contributed by atoms with Crippen LogP contribution in [0.25, 0.3) is 0 Å². The number of nitrogens with zero attached hydrogens (tertiary/aromatic N) is 1. The van der Waals surface area contributed by atoms with E-state index in [9.17, 15) is 9.59 Å². The fourth-order valence-electron chi connectivity index (χ4n) is 2.15. The number of rotatable bonds is 4. The first-order valence-corrected chi connectivity index (χ1v) is 7.31. The van der Waals surface area contributed by atoms with Crippen molar-refractivity contribution in [1.82, 2.24) is 0 Å². The molecule has 1 aliphatic rings. The molecule has 5 heteroatoms. The minimum Gasteiger partial charge on any atom is -0.465 e. The monoisotopic (exact) mass is 279 g/mol. The van der Waals surface area contributed by atoms with Crippen LogP contribution in [0.15, 0.2) is 23.1 Å². The van der Waals surface area contributed by atoms with E-state index in [1.807, 2.05) is 12.1 Å². The molecular formula is C14H17NO3S. The number of hydrogen-bond acceptors (Lipinski definition) is 4. The van der Waals surface area contributed by atoms with Gasteiger partial charge in [0, 0.05) is 23.5 Å². The summed E-state index contributed by atoms with van der Waals surface area (Å²) in [6.07, 6.45) is 1.45. The number of amides is 1. The first kappa shape index (κ1) is 13.9. The van der Waals surface area contributed by atoms with Crippen LogP contribution in [-0.2, 0) is 9.53 Å². The smallest absolute Gasteiger partial charge is 0.337 e. The van der Waals surface area contributed by atoms with Gasteiger partial charge in [-0.25, -0.2) is 4.79 Å². The minimum atomic E-state index is -0.369.